The van der Waals surface area contributed by atoms with Crippen LogP contribution < -0.4 is 11.1 Å². The zero-order valence-corrected chi connectivity index (χ0v) is 11.6. The van der Waals surface area contributed by atoms with Gasteiger partial charge in [-0.3, -0.25) is 4.79 Å². The van der Waals surface area contributed by atoms with Crippen LogP contribution in [0.2, 0.25) is 0 Å². The highest BCUT2D eigenvalue weighted by molar-refractivity contribution is 5.80. The zero-order valence-electron chi connectivity index (χ0n) is 11.6. The molecule has 0 spiro atoms. The molecule has 0 aromatic heterocycles. The molecule has 1 rings (SSSR count). The van der Waals surface area contributed by atoms with Crippen LogP contribution in [0.15, 0.2) is 24.3 Å². The van der Waals surface area contributed by atoms with E-state index >= 15 is 0 Å². The van der Waals surface area contributed by atoms with Crippen molar-refractivity contribution in [1.29, 1.82) is 0 Å². The van der Waals surface area contributed by atoms with E-state index in [0.29, 0.717) is 6.54 Å². The van der Waals surface area contributed by atoms with Gasteiger partial charge in [-0.25, -0.2) is 0 Å². The van der Waals surface area contributed by atoms with Crippen LogP contribution in [0, 0.1) is 11.8 Å². The molecule has 0 radical (unpaired) electrons. The van der Waals surface area contributed by atoms with Crippen molar-refractivity contribution in [3.63, 3.8) is 0 Å². The number of nitrogens with one attached hydrogen (secondary N) is 1. The number of carbonyl (C=O) groups is 1. The van der Waals surface area contributed by atoms with Crippen molar-refractivity contribution >= 4 is 5.91 Å². The smallest absolute Gasteiger partial charge is 0.249 e. The molecule has 102 valence electrons. The van der Waals surface area contributed by atoms with Gasteiger partial charge in [-0.15, -0.1) is 0 Å². The summed E-state index contributed by atoms with van der Waals surface area (Å²) < 4.78 is 4.97. The Morgan fingerprint density at radius 2 is 2.00 bits per heavy atom. The van der Waals surface area contributed by atoms with Crippen LogP contribution in [0.1, 0.15) is 31.0 Å². The summed E-state index contributed by atoms with van der Waals surface area (Å²) in [5, 5.41) is 2.89. The third-order valence-corrected chi connectivity index (χ3v) is 2.83. The normalized spacial score (nSPS) is 13.1. The second-order valence-corrected chi connectivity index (χ2v) is 4.24. The van der Waals surface area contributed by atoms with E-state index in [9.17, 15) is 4.79 Å². The van der Waals surface area contributed by atoms with E-state index in [1.807, 2.05) is 31.2 Å². The summed E-state index contributed by atoms with van der Waals surface area (Å²) in [5.41, 5.74) is 7.26. The van der Waals surface area contributed by atoms with Crippen molar-refractivity contribution in [2.24, 2.45) is 5.73 Å². The highest BCUT2D eigenvalue weighted by Gasteiger charge is 2.15. The highest BCUT2D eigenvalue weighted by atomic mass is 16.5. The molecule has 2 unspecified atom stereocenters. The number of carbonyl (C=O) groups excluding carboxylic acids is 1. The van der Waals surface area contributed by atoms with Gasteiger partial charge < -0.3 is 15.8 Å². The number of nitrogens with two attached hydrogens (primary N) is 1. The SMILES string of the molecule is COC(C)C(=O)NC(C)c1ccc(C#CCN)cc1. The summed E-state index contributed by atoms with van der Waals surface area (Å²) in [7, 11) is 1.51. The van der Waals surface area contributed by atoms with Crippen LogP contribution >= 0.6 is 0 Å². The Balaban J connectivity index is 2.67. The van der Waals surface area contributed by atoms with E-state index in [4.69, 9.17) is 10.5 Å². The van der Waals surface area contributed by atoms with E-state index in [0.717, 1.165) is 11.1 Å². The van der Waals surface area contributed by atoms with E-state index in [-0.39, 0.29) is 11.9 Å². The fraction of sp³-hybridized carbons (Fsp3) is 0.400. The van der Waals surface area contributed by atoms with Crippen molar-refractivity contribution in [2.45, 2.75) is 26.0 Å². The molecule has 19 heavy (non-hydrogen) atoms. The topological polar surface area (TPSA) is 64.3 Å². The minimum Gasteiger partial charge on any atom is -0.372 e. The first-order chi connectivity index (χ1) is 9.08. The monoisotopic (exact) mass is 260 g/mol. The lowest BCUT2D eigenvalue weighted by Gasteiger charge is -2.17. The van der Waals surface area contributed by atoms with Crippen LogP contribution in [0.4, 0.5) is 0 Å². The summed E-state index contributed by atoms with van der Waals surface area (Å²) in [6.07, 6.45) is -0.447. The van der Waals surface area contributed by atoms with E-state index in [1.165, 1.54) is 7.11 Å². The third kappa shape index (κ3) is 4.74. The first-order valence-electron chi connectivity index (χ1n) is 6.20. The lowest BCUT2D eigenvalue weighted by Crippen LogP contribution is -2.35. The van der Waals surface area contributed by atoms with Crippen molar-refractivity contribution in [3.05, 3.63) is 35.4 Å². The molecule has 3 N–H and O–H groups in total. The van der Waals surface area contributed by atoms with Crippen molar-refractivity contribution in [1.82, 2.24) is 5.32 Å². The predicted octanol–water partition coefficient (Wildman–Crippen LogP) is 1.21. The number of amides is 1. The maximum Gasteiger partial charge on any atom is 0.249 e. The van der Waals surface area contributed by atoms with Gasteiger partial charge in [-0.2, -0.15) is 0 Å². The lowest BCUT2D eigenvalue weighted by molar-refractivity contribution is -0.130. The number of ether oxygens (including phenoxy) is 1. The lowest BCUT2D eigenvalue weighted by atomic mass is 10.1. The summed E-state index contributed by atoms with van der Waals surface area (Å²) >= 11 is 0. The first-order valence-corrected chi connectivity index (χ1v) is 6.20. The van der Waals surface area contributed by atoms with Crippen LogP contribution in [-0.4, -0.2) is 25.7 Å². The van der Waals surface area contributed by atoms with Gasteiger partial charge in [0.15, 0.2) is 0 Å². The second kappa shape index (κ2) is 7.57. The molecular weight excluding hydrogens is 240 g/mol. The second-order valence-electron chi connectivity index (χ2n) is 4.24. The van der Waals surface area contributed by atoms with Crippen LogP contribution in [0.3, 0.4) is 0 Å². The van der Waals surface area contributed by atoms with E-state index < -0.39 is 6.10 Å². The van der Waals surface area contributed by atoms with Gasteiger partial charge in [0.1, 0.15) is 6.10 Å². The maximum atomic E-state index is 11.7. The molecule has 0 fully saturated rings. The maximum absolute atomic E-state index is 11.7. The van der Waals surface area contributed by atoms with Gasteiger partial charge >= 0.3 is 0 Å². The molecular formula is C15H20N2O2. The molecule has 1 aromatic rings. The number of hydrogen-bond donors (Lipinski definition) is 2. The van der Waals surface area contributed by atoms with Gasteiger partial charge in [0.05, 0.1) is 12.6 Å². The molecule has 0 aliphatic heterocycles. The molecule has 0 aliphatic rings. The summed E-state index contributed by atoms with van der Waals surface area (Å²) in [6, 6.07) is 7.66. The summed E-state index contributed by atoms with van der Waals surface area (Å²) in [4.78, 5) is 11.7. The van der Waals surface area contributed by atoms with Gasteiger partial charge in [0.2, 0.25) is 5.91 Å². The predicted molar refractivity (Wildman–Crippen MR) is 75.4 cm³/mol. The minimum absolute atomic E-state index is 0.0679. The Bertz CT molecular complexity index is 471. The summed E-state index contributed by atoms with van der Waals surface area (Å²) in [5.74, 6) is 5.63. The Kier molecular flexibility index (Phi) is 6.07. The van der Waals surface area contributed by atoms with Gasteiger partial charge in [0.25, 0.3) is 0 Å². The molecule has 4 nitrogen and oxygen atoms in total. The largest absolute Gasteiger partial charge is 0.372 e. The Labute approximate surface area is 114 Å². The number of hydrogen-bond acceptors (Lipinski definition) is 3. The fourth-order valence-electron chi connectivity index (χ4n) is 1.53. The van der Waals surface area contributed by atoms with Gasteiger partial charge in [0, 0.05) is 12.7 Å². The summed E-state index contributed by atoms with van der Waals surface area (Å²) in [6.45, 7) is 4.00. The molecule has 0 saturated heterocycles. The number of benzene rings is 1. The Morgan fingerprint density at radius 1 is 1.37 bits per heavy atom. The average Bonchev–Trinajstić information content (AvgIpc) is 2.44. The highest BCUT2D eigenvalue weighted by Crippen LogP contribution is 2.13. The van der Waals surface area contributed by atoms with Crippen molar-refractivity contribution in [3.8, 4) is 11.8 Å². The molecule has 1 aromatic carbocycles. The van der Waals surface area contributed by atoms with E-state index in [1.54, 1.807) is 6.92 Å². The number of rotatable bonds is 4. The number of methoxy groups -OCH3 is 1. The molecule has 0 saturated carbocycles. The Morgan fingerprint density at radius 3 is 2.53 bits per heavy atom. The average molecular weight is 260 g/mol. The zero-order chi connectivity index (χ0) is 14.3. The van der Waals surface area contributed by atoms with Gasteiger partial charge in [-0.1, -0.05) is 24.0 Å². The molecule has 2 atom stereocenters. The van der Waals surface area contributed by atoms with Crippen molar-refractivity contribution in [2.75, 3.05) is 13.7 Å². The molecule has 4 heteroatoms. The van der Waals surface area contributed by atoms with Gasteiger partial charge in [-0.05, 0) is 31.5 Å². The standard InChI is InChI=1S/C15H20N2O2/c1-11(17-15(18)12(2)19-3)14-8-6-13(7-9-14)5-4-10-16/h6-9,11-12H,10,16H2,1-3H3,(H,17,18). The molecule has 0 heterocycles. The molecule has 0 aliphatic carbocycles. The molecule has 0 bridgehead atoms. The first kappa shape index (κ1) is 15.2. The molecule has 1 amide bonds. The van der Waals surface area contributed by atoms with Crippen molar-refractivity contribution < 1.29 is 9.53 Å². The van der Waals surface area contributed by atoms with Crippen LogP contribution in [0.25, 0.3) is 0 Å². The van der Waals surface area contributed by atoms with E-state index in [2.05, 4.69) is 17.2 Å². The quantitative estimate of drug-likeness (QED) is 0.800. The Hall–Kier alpha value is -1.83. The fourth-order valence-corrected chi connectivity index (χ4v) is 1.53. The third-order valence-electron chi connectivity index (χ3n) is 2.83. The minimum atomic E-state index is -0.447. The van der Waals surface area contributed by atoms with Crippen LogP contribution in [0.5, 0.6) is 0 Å². The van der Waals surface area contributed by atoms with Crippen LogP contribution in [-0.2, 0) is 9.53 Å².